The molecule has 1 aromatic heterocycles. The number of halogens is 3. The Hall–Kier alpha value is -3.61. The number of benzene rings is 2. The van der Waals surface area contributed by atoms with Crippen LogP contribution in [0.4, 0.5) is 4.39 Å². The fourth-order valence-electron chi connectivity index (χ4n) is 6.36. The van der Waals surface area contributed by atoms with Crippen molar-refractivity contribution in [3.05, 3.63) is 98.5 Å². The van der Waals surface area contributed by atoms with Crippen LogP contribution in [0, 0.1) is 11.7 Å². The third-order valence-corrected chi connectivity index (χ3v) is 9.55. The number of aromatic nitrogens is 1. The highest BCUT2D eigenvalue weighted by molar-refractivity contribution is 6.30. The number of amides is 3. The molecule has 47 heavy (non-hydrogen) atoms. The zero-order chi connectivity index (χ0) is 33.5. The van der Waals surface area contributed by atoms with E-state index in [0.717, 1.165) is 12.8 Å². The average molecular weight is 685 g/mol. The zero-order valence-corrected chi connectivity index (χ0v) is 27.7. The smallest absolute Gasteiger partial charge is 0.257 e. The number of carbonyl (C=O) groups excluding carboxylic acids is 3. The van der Waals surface area contributed by atoms with E-state index in [1.54, 1.807) is 48.2 Å². The normalized spacial score (nSPS) is 21.0. The van der Waals surface area contributed by atoms with Crippen LogP contribution in [0.15, 0.2) is 54.7 Å². The first kappa shape index (κ1) is 33.3. The Bertz CT molecular complexity index is 1680. The van der Waals surface area contributed by atoms with E-state index < -0.39 is 23.1 Å². The first-order valence-electron chi connectivity index (χ1n) is 15.5. The number of nitrogens with one attached hydrogen (secondary N) is 1. The number of fused-ring (bicyclic) bond motifs is 1. The summed E-state index contributed by atoms with van der Waals surface area (Å²) in [6.45, 7) is 5.01. The minimum Gasteiger partial charge on any atom is -0.384 e. The van der Waals surface area contributed by atoms with Crippen LogP contribution in [0.3, 0.4) is 0 Å². The Kier molecular flexibility index (Phi) is 9.30. The van der Waals surface area contributed by atoms with Gasteiger partial charge in [-0.2, -0.15) is 0 Å². The summed E-state index contributed by atoms with van der Waals surface area (Å²) in [5, 5.41) is 15.3. The van der Waals surface area contributed by atoms with Crippen LogP contribution in [0.2, 0.25) is 10.0 Å². The summed E-state index contributed by atoms with van der Waals surface area (Å²) in [5.74, 6) is -1.59. The predicted octanol–water partition coefficient (Wildman–Crippen LogP) is 4.26. The van der Waals surface area contributed by atoms with Gasteiger partial charge in [-0.05, 0) is 61.7 Å². The lowest BCUT2D eigenvalue weighted by Gasteiger charge is -2.39. The van der Waals surface area contributed by atoms with Crippen LogP contribution < -0.4 is 5.32 Å². The molecule has 3 aliphatic rings. The van der Waals surface area contributed by atoms with Crippen LogP contribution in [-0.2, 0) is 32.2 Å². The quantitative estimate of drug-likeness (QED) is 0.307. The van der Waals surface area contributed by atoms with Crippen LogP contribution in [-0.4, -0.2) is 82.0 Å². The molecule has 2 atom stereocenters. The summed E-state index contributed by atoms with van der Waals surface area (Å²) < 4.78 is 23.2. The minimum atomic E-state index is -1.83. The Morgan fingerprint density at radius 1 is 1.09 bits per heavy atom. The molecule has 2 fully saturated rings. The first-order chi connectivity index (χ1) is 22.4. The van der Waals surface area contributed by atoms with Gasteiger partial charge in [0, 0.05) is 62.3 Å². The Labute approximate surface area is 282 Å². The van der Waals surface area contributed by atoms with Crippen molar-refractivity contribution in [1.82, 2.24) is 25.0 Å². The average Bonchev–Trinajstić information content (AvgIpc) is 3.86. The number of hydrogen-bond donors (Lipinski definition) is 2. The van der Waals surface area contributed by atoms with E-state index in [2.05, 4.69) is 10.3 Å². The van der Waals surface area contributed by atoms with Crippen LogP contribution in [0.1, 0.15) is 59.4 Å². The minimum absolute atomic E-state index is 0.00698. The summed E-state index contributed by atoms with van der Waals surface area (Å²) in [6.07, 6.45) is 3.03. The van der Waals surface area contributed by atoms with Gasteiger partial charge in [-0.25, -0.2) is 4.39 Å². The van der Waals surface area contributed by atoms with Gasteiger partial charge in [0.1, 0.15) is 12.5 Å². The molecular formula is C34H36Cl2FN5O5. The van der Waals surface area contributed by atoms with Gasteiger partial charge in [-0.1, -0.05) is 35.3 Å². The van der Waals surface area contributed by atoms with E-state index in [-0.39, 0.29) is 54.2 Å². The molecule has 3 amide bonds. The Balaban J connectivity index is 1.41. The molecule has 1 unspecified atom stereocenters. The summed E-state index contributed by atoms with van der Waals surface area (Å²) in [4.78, 5) is 48.3. The maximum atomic E-state index is 16.7. The van der Waals surface area contributed by atoms with Crippen LogP contribution in [0.25, 0.3) is 0 Å². The molecule has 3 aromatic rings. The lowest BCUT2D eigenvalue weighted by Crippen LogP contribution is -2.51. The highest BCUT2D eigenvalue weighted by Gasteiger charge is 2.55. The second-order valence-electron chi connectivity index (χ2n) is 12.6. The third kappa shape index (κ3) is 6.73. The predicted molar refractivity (Wildman–Crippen MR) is 173 cm³/mol. The fraction of sp³-hybridized carbons (Fsp3) is 0.412. The van der Waals surface area contributed by atoms with E-state index in [4.69, 9.17) is 27.9 Å². The molecule has 0 radical (unpaired) electrons. The van der Waals surface area contributed by atoms with Crippen molar-refractivity contribution in [3.8, 4) is 0 Å². The maximum absolute atomic E-state index is 16.7. The highest BCUT2D eigenvalue weighted by Crippen LogP contribution is 2.48. The van der Waals surface area contributed by atoms with Crippen LogP contribution in [0.5, 0.6) is 0 Å². The molecular weight excluding hydrogens is 648 g/mol. The summed E-state index contributed by atoms with van der Waals surface area (Å²) >= 11 is 12.3. The first-order valence-corrected chi connectivity index (χ1v) is 16.3. The number of pyridine rings is 1. The summed E-state index contributed by atoms with van der Waals surface area (Å²) in [7, 11) is 0. The van der Waals surface area contributed by atoms with Crippen molar-refractivity contribution < 1.29 is 28.6 Å². The zero-order valence-electron chi connectivity index (χ0n) is 26.1. The number of ether oxygens (including phenoxy) is 1. The number of nitrogens with zero attached hydrogens (tertiary/aromatic N) is 4. The lowest BCUT2D eigenvalue weighted by atomic mass is 9.87. The third-order valence-electron chi connectivity index (χ3n) is 9.08. The number of carbonyl (C=O) groups is 3. The van der Waals surface area contributed by atoms with Crippen LogP contribution >= 0.6 is 23.2 Å². The molecule has 0 spiro atoms. The topological polar surface area (TPSA) is 115 Å². The van der Waals surface area contributed by atoms with Crippen molar-refractivity contribution >= 4 is 40.9 Å². The SMILES string of the molecule is CC(=O)N1CCN(CC(C)(O)c2cc(F)c3c(c2)C(=O)N(Cc2ccc(Cl)cn2)[C@@]3(OCNC(=O)C2CC2)c2ccc(Cl)cc2)CC1. The number of β-amino-alcohol motifs (C(OH)–C–C–N with tert-alkyl or cyclic N) is 1. The fourth-order valence-corrected chi connectivity index (χ4v) is 6.60. The molecule has 1 saturated heterocycles. The Morgan fingerprint density at radius 3 is 2.38 bits per heavy atom. The molecule has 2 aromatic carbocycles. The molecule has 10 nitrogen and oxygen atoms in total. The van der Waals surface area contributed by atoms with Gasteiger partial charge in [0.25, 0.3) is 5.91 Å². The van der Waals surface area contributed by atoms with Crippen molar-refractivity contribution in [3.63, 3.8) is 0 Å². The standard InChI is InChI=1S/C34H36Cl2FN5O5/c1-21(43)41-13-11-40(12-14-41)19-33(2,46)24-15-28-30(29(37)16-24)34(23-5-7-25(35)8-6-23,47-20-39-31(44)22-3-4-22)42(32(28)45)18-27-10-9-26(36)17-38-27/h5-10,15-17,22,46H,3-4,11-14,18-20H2,1-2H3,(H,39,44)/t33?,34-/m1/s1. The largest absolute Gasteiger partial charge is 0.384 e. The van der Waals surface area contributed by atoms with Crippen molar-refractivity contribution in [1.29, 1.82) is 0 Å². The maximum Gasteiger partial charge on any atom is 0.257 e. The van der Waals surface area contributed by atoms with Crippen molar-refractivity contribution in [2.24, 2.45) is 5.92 Å². The molecule has 13 heteroatoms. The molecule has 0 bridgehead atoms. The molecule has 2 aliphatic heterocycles. The molecule has 1 aliphatic carbocycles. The van der Waals surface area contributed by atoms with Gasteiger partial charge in [0.05, 0.1) is 34.0 Å². The summed E-state index contributed by atoms with van der Waals surface area (Å²) in [6, 6.07) is 12.6. The number of hydrogen-bond acceptors (Lipinski definition) is 7. The van der Waals surface area contributed by atoms with Gasteiger partial charge >= 0.3 is 0 Å². The molecule has 248 valence electrons. The molecule has 6 rings (SSSR count). The second-order valence-corrected chi connectivity index (χ2v) is 13.4. The molecule has 1 saturated carbocycles. The lowest BCUT2D eigenvalue weighted by molar-refractivity contribution is -0.137. The molecule has 2 N–H and O–H groups in total. The van der Waals surface area contributed by atoms with Gasteiger partial charge in [-0.15, -0.1) is 0 Å². The van der Waals surface area contributed by atoms with E-state index in [1.807, 2.05) is 4.90 Å². The van der Waals surface area contributed by atoms with Gasteiger partial charge < -0.3 is 20.1 Å². The number of rotatable bonds is 10. The van der Waals surface area contributed by atoms with Gasteiger partial charge in [0.15, 0.2) is 0 Å². The van der Waals surface area contributed by atoms with Crippen molar-refractivity contribution in [2.75, 3.05) is 39.5 Å². The van der Waals surface area contributed by atoms with Gasteiger partial charge in [0.2, 0.25) is 17.5 Å². The second kappa shape index (κ2) is 13.1. The highest BCUT2D eigenvalue weighted by atomic mass is 35.5. The van der Waals surface area contributed by atoms with E-state index >= 15 is 4.39 Å². The number of aliphatic hydroxyl groups is 1. The van der Waals surface area contributed by atoms with E-state index in [9.17, 15) is 19.5 Å². The van der Waals surface area contributed by atoms with Gasteiger partial charge in [-0.3, -0.25) is 29.2 Å². The number of piperazine rings is 1. The van der Waals surface area contributed by atoms with E-state index in [0.29, 0.717) is 47.5 Å². The Morgan fingerprint density at radius 2 is 1.77 bits per heavy atom. The monoisotopic (exact) mass is 683 g/mol. The molecule has 3 heterocycles. The van der Waals surface area contributed by atoms with E-state index in [1.165, 1.54) is 30.2 Å². The van der Waals surface area contributed by atoms with Crippen molar-refractivity contribution in [2.45, 2.75) is 44.6 Å². The summed E-state index contributed by atoms with van der Waals surface area (Å²) in [5.41, 5.74) is -2.31.